The highest BCUT2D eigenvalue weighted by atomic mass is 16.5. The van der Waals surface area contributed by atoms with E-state index in [0.717, 1.165) is 126 Å². The molecule has 6 rings (SSSR count). The van der Waals surface area contributed by atoms with Crippen molar-refractivity contribution in [1.82, 2.24) is 10.6 Å². The van der Waals surface area contributed by atoms with Gasteiger partial charge in [0, 0.05) is 80.5 Å². The van der Waals surface area contributed by atoms with Gasteiger partial charge >= 0.3 is 6.09 Å². The van der Waals surface area contributed by atoms with Crippen LogP contribution in [-0.4, -0.2) is 145 Å². The number of hydrogen-bond acceptors (Lipinski definition) is 16. The number of rotatable bonds is 40. The van der Waals surface area contributed by atoms with Crippen LogP contribution in [0.2, 0.25) is 0 Å². The Kier molecular flexibility index (Phi) is 40.2. The fourth-order valence-corrected chi connectivity index (χ4v) is 15.0. The van der Waals surface area contributed by atoms with Crippen molar-refractivity contribution >= 4 is 12.0 Å². The van der Waals surface area contributed by atoms with Crippen molar-refractivity contribution in [3.63, 3.8) is 0 Å². The molecule has 0 spiro atoms. The van der Waals surface area contributed by atoms with Gasteiger partial charge in [0.15, 0.2) is 0 Å². The Hall–Kier alpha value is -7.42. The lowest BCUT2D eigenvalue weighted by Gasteiger charge is -2.33. The summed E-state index contributed by atoms with van der Waals surface area (Å²) in [5.41, 5.74) is 14.0. The highest BCUT2D eigenvalue weighted by Crippen LogP contribution is 2.50. The van der Waals surface area contributed by atoms with Crippen molar-refractivity contribution in [3.8, 4) is 34.5 Å². The van der Waals surface area contributed by atoms with Gasteiger partial charge in [-0.15, -0.1) is 0 Å². The number of benzene rings is 6. The maximum absolute atomic E-state index is 11.9. The molecule has 6 aromatic rings. The first-order valence-electron chi connectivity index (χ1n) is 42.8. The molecule has 116 heavy (non-hydrogen) atoms. The summed E-state index contributed by atoms with van der Waals surface area (Å²) in [7, 11) is 0. The van der Waals surface area contributed by atoms with Gasteiger partial charge in [0.25, 0.3) is 0 Å². The van der Waals surface area contributed by atoms with Gasteiger partial charge in [0.2, 0.25) is 5.91 Å². The van der Waals surface area contributed by atoms with E-state index in [9.17, 15) is 70.9 Å². The molecular weight excluding hydrogens is 1460 g/mol. The maximum atomic E-state index is 11.9. The number of carbonyl (C=O) groups excluding carboxylic acids is 2. The van der Waals surface area contributed by atoms with E-state index in [0.29, 0.717) is 123 Å². The number of aromatic hydroxyl groups is 6. The van der Waals surface area contributed by atoms with Crippen LogP contribution in [-0.2, 0) is 98.1 Å². The van der Waals surface area contributed by atoms with Crippen LogP contribution >= 0.6 is 0 Å². The number of hydrogen-bond donors (Lipinski definition) is 14. The molecule has 0 aliphatic rings. The summed E-state index contributed by atoms with van der Waals surface area (Å²) in [5, 5.41) is 132. The standard InChI is InChI=1S/C35H54N2O6.C34H54O6.C29H44O4/c1-9-14-36-30(38)23-42-17-13-25-19-27(32(40)29(21-25)35(6,7)8)22-26-18-24(20-28(31(26)39)34(3,4)5)12-11-16-43-33(41)37-15-10-2;1-23(2)30(26-19-24(11-7-15-35)21-28(31(26)39)33(3,4)13-9-17-37)27-20-25(12-8-16-36)22-29(32(27)40)34(5,6)14-10-18-38;1-18(30)9-11-20-13-22(26(32)24(15-20)28(3,4)5)17-23-14-21(12-10-19(2)31)16-25(27(23)33)29(6,7)8/h18-21,39-40H,9-17,22-23H2,1-8H3,(H,36,38)(H,37,41);19-23,30,35-40H,7-18H2,1-6H3;13-16,18-19,30-33H,9-12,17H2,1-8H3. The van der Waals surface area contributed by atoms with E-state index in [1.165, 1.54) is 0 Å². The maximum Gasteiger partial charge on any atom is 0.407 e. The molecule has 2 unspecified atom stereocenters. The monoisotopic (exact) mass is 1610 g/mol. The molecule has 0 fully saturated rings. The van der Waals surface area contributed by atoms with Crippen molar-refractivity contribution in [1.29, 1.82) is 0 Å². The zero-order valence-electron chi connectivity index (χ0n) is 75.0. The number of carbonyl (C=O) groups is 2. The minimum Gasteiger partial charge on any atom is -0.507 e. The molecule has 2 amide bonds. The Morgan fingerprint density at radius 2 is 0.690 bits per heavy atom. The number of ether oxygens (including phenoxy) is 2. The number of aliphatic hydroxyl groups is 6. The number of nitrogens with one attached hydrogen (secondary N) is 2. The van der Waals surface area contributed by atoms with Crippen LogP contribution in [0.25, 0.3) is 0 Å². The smallest absolute Gasteiger partial charge is 0.407 e. The number of aliphatic hydroxyl groups excluding tert-OH is 6. The highest BCUT2D eigenvalue weighted by molar-refractivity contribution is 5.77. The van der Waals surface area contributed by atoms with Crippen molar-refractivity contribution in [3.05, 3.63) is 173 Å². The van der Waals surface area contributed by atoms with Crippen molar-refractivity contribution < 1.29 is 80.3 Å². The van der Waals surface area contributed by atoms with Gasteiger partial charge in [0.05, 0.1) is 25.4 Å². The molecule has 0 aliphatic carbocycles. The summed E-state index contributed by atoms with van der Waals surface area (Å²) in [5.74, 6) is 1.05. The predicted octanol–water partition coefficient (Wildman–Crippen LogP) is 18.2. The molecule has 2 atom stereocenters. The second kappa shape index (κ2) is 46.2. The molecule has 650 valence electrons. The molecule has 0 aliphatic heterocycles. The molecule has 6 aromatic carbocycles. The average molecular weight is 1610 g/mol. The zero-order chi connectivity index (χ0) is 87.4. The largest absolute Gasteiger partial charge is 0.507 e. The molecule has 0 radical (unpaired) electrons. The Bertz CT molecular complexity index is 3790. The van der Waals surface area contributed by atoms with Crippen LogP contribution in [0, 0.1) is 5.92 Å². The lowest BCUT2D eigenvalue weighted by atomic mass is 9.72. The third kappa shape index (κ3) is 31.4. The van der Waals surface area contributed by atoms with Crippen LogP contribution in [0.3, 0.4) is 0 Å². The lowest BCUT2D eigenvalue weighted by molar-refractivity contribution is -0.125. The predicted molar refractivity (Wildman–Crippen MR) is 471 cm³/mol. The Morgan fingerprint density at radius 3 is 1.01 bits per heavy atom. The van der Waals surface area contributed by atoms with Gasteiger partial charge in [-0.3, -0.25) is 4.79 Å². The molecule has 18 heteroatoms. The molecule has 14 N–H and O–H groups in total. The average Bonchev–Trinajstić information content (AvgIpc) is 0.747. The van der Waals surface area contributed by atoms with E-state index >= 15 is 0 Å². The van der Waals surface area contributed by atoms with Crippen molar-refractivity contribution in [2.24, 2.45) is 5.92 Å². The van der Waals surface area contributed by atoms with E-state index in [-0.39, 0.29) is 130 Å². The fraction of sp³-hybridized carbons (Fsp3) is 0.612. The van der Waals surface area contributed by atoms with E-state index < -0.39 is 6.09 Å². The Morgan fingerprint density at radius 1 is 0.379 bits per heavy atom. The third-order valence-electron chi connectivity index (χ3n) is 21.8. The molecule has 0 bridgehead atoms. The number of aryl methyl sites for hydroxylation is 5. The summed E-state index contributed by atoms with van der Waals surface area (Å²) in [6.07, 6.45) is 11.2. The van der Waals surface area contributed by atoms with Gasteiger partial charge in [-0.2, -0.15) is 0 Å². The quantitative estimate of drug-likeness (QED) is 0.0159. The number of phenols is 6. The van der Waals surface area contributed by atoms with Gasteiger partial charge in [0.1, 0.15) is 41.1 Å². The summed E-state index contributed by atoms with van der Waals surface area (Å²) in [6.45, 7) is 47.2. The molecule has 0 saturated heterocycles. The zero-order valence-corrected chi connectivity index (χ0v) is 75.0. The van der Waals surface area contributed by atoms with Gasteiger partial charge in [-0.25, -0.2) is 4.79 Å². The Labute approximate surface area is 697 Å². The summed E-state index contributed by atoms with van der Waals surface area (Å²) < 4.78 is 10.9. The van der Waals surface area contributed by atoms with Crippen LogP contribution in [0.1, 0.15) is 329 Å². The van der Waals surface area contributed by atoms with E-state index in [1.54, 1.807) is 13.8 Å². The second-order valence-corrected chi connectivity index (χ2v) is 38.0. The molecule has 18 nitrogen and oxygen atoms in total. The summed E-state index contributed by atoms with van der Waals surface area (Å²) >= 11 is 0. The molecular formula is C98H152N2O16. The summed E-state index contributed by atoms with van der Waals surface area (Å²) in [4.78, 5) is 23.7. The highest BCUT2D eigenvalue weighted by Gasteiger charge is 2.35. The van der Waals surface area contributed by atoms with Crippen LogP contribution < -0.4 is 10.6 Å². The topological polar surface area (TPSA) is 319 Å². The summed E-state index contributed by atoms with van der Waals surface area (Å²) in [6, 6.07) is 24.2. The molecule has 0 aromatic heterocycles. The van der Waals surface area contributed by atoms with Crippen molar-refractivity contribution in [2.75, 3.05) is 59.3 Å². The third-order valence-corrected chi connectivity index (χ3v) is 21.8. The van der Waals surface area contributed by atoms with Crippen LogP contribution in [0.15, 0.2) is 72.8 Å². The second-order valence-electron chi connectivity index (χ2n) is 38.0. The fourth-order valence-electron chi connectivity index (χ4n) is 15.0. The first-order chi connectivity index (χ1) is 54.1. The SMILES string of the molecule is CC(C)C(c1cc(CCCO)cc(C(C)(C)CCCO)c1O)c1cc(CCCO)cc(C(C)(C)CCCO)c1O.CC(O)CCc1cc(Cc2cc(CCC(C)O)cc(C(C)(C)C)c2O)c(O)c(C(C)(C)C)c1.CCCNC(=O)COCCc1cc(Cc2cc(CCCOC(=O)NCCC)cc(C(C)(C)C)c2O)c(O)c(C(C)(C)C)c1. The Balaban J connectivity index is 0.000000369. The van der Waals surface area contributed by atoms with Gasteiger partial charge in [-0.1, -0.05) is 211 Å². The molecule has 0 saturated carbocycles. The van der Waals surface area contributed by atoms with Crippen molar-refractivity contribution in [2.45, 2.75) is 325 Å². The molecule has 0 heterocycles. The minimum atomic E-state index is -0.404. The lowest BCUT2D eigenvalue weighted by Crippen LogP contribution is -2.28. The minimum absolute atomic E-state index is 0.0156. The normalized spacial score (nSPS) is 12.8. The first kappa shape index (κ1) is 101. The number of phenolic OH excluding ortho intramolecular Hbond substituents is 6. The number of alkyl carbamates (subject to hydrolysis) is 1. The van der Waals surface area contributed by atoms with E-state index in [1.807, 2.05) is 86.6 Å². The first-order valence-corrected chi connectivity index (χ1v) is 42.8. The van der Waals surface area contributed by atoms with Crippen LogP contribution in [0.4, 0.5) is 4.79 Å². The van der Waals surface area contributed by atoms with E-state index in [4.69, 9.17) is 9.47 Å². The number of amides is 2. The van der Waals surface area contributed by atoms with Gasteiger partial charge < -0.3 is 81.4 Å². The van der Waals surface area contributed by atoms with E-state index in [2.05, 4.69) is 135 Å². The van der Waals surface area contributed by atoms with Crippen LogP contribution in [0.5, 0.6) is 34.5 Å². The van der Waals surface area contributed by atoms with Gasteiger partial charge in [-0.05, 0) is 239 Å².